The SMILES string of the molecule is CC1CCN(c2ccc(NC(=O)Cc3c[nH]c4ccccc34)cc2)CC1. The van der Waals surface area contributed by atoms with E-state index in [2.05, 4.69) is 34.3 Å². The van der Waals surface area contributed by atoms with Crippen molar-refractivity contribution in [3.8, 4) is 0 Å². The summed E-state index contributed by atoms with van der Waals surface area (Å²) in [4.78, 5) is 18.1. The number of benzene rings is 2. The minimum Gasteiger partial charge on any atom is -0.372 e. The molecular weight excluding hydrogens is 322 g/mol. The van der Waals surface area contributed by atoms with Gasteiger partial charge in [0.05, 0.1) is 6.42 Å². The van der Waals surface area contributed by atoms with Crippen LogP contribution in [0.15, 0.2) is 54.7 Å². The van der Waals surface area contributed by atoms with E-state index < -0.39 is 0 Å². The van der Waals surface area contributed by atoms with Gasteiger partial charge in [-0.15, -0.1) is 0 Å². The Morgan fingerprint density at radius 2 is 1.85 bits per heavy atom. The molecule has 0 bridgehead atoms. The number of fused-ring (bicyclic) bond motifs is 1. The fourth-order valence-corrected chi connectivity index (χ4v) is 3.68. The number of carbonyl (C=O) groups is 1. The second kappa shape index (κ2) is 7.24. The van der Waals surface area contributed by atoms with E-state index in [9.17, 15) is 4.79 Å². The zero-order chi connectivity index (χ0) is 17.9. The second-order valence-corrected chi connectivity index (χ2v) is 7.30. The van der Waals surface area contributed by atoms with Crippen LogP contribution in [0.3, 0.4) is 0 Å². The summed E-state index contributed by atoms with van der Waals surface area (Å²) in [5, 5.41) is 4.12. The Morgan fingerprint density at radius 3 is 2.62 bits per heavy atom. The molecular formula is C22H25N3O. The minimum atomic E-state index is 0.00861. The third-order valence-corrected chi connectivity index (χ3v) is 5.33. The van der Waals surface area contributed by atoms with Crippen molar-refractivity contribution in [3.05, 3.63) is 60.3 Å². The highest BCUT2D eigenvalue weighted by Gasteiger charge is 2.16. The smallest absolute Gasteiger partial charge is 0.228 e. The molecule has 1 aliphatic heterocycles. The molecule has 1 amide bonds. The number of carbonyl (C=O) groups excluding carboxylic acids is 1. The number of nitrogens with zero attached hydrogens (tertiary/aromatic N) is 1. The number of amides is 1. The van der Waals surface area contributed by atoms with Gasteiger partial charge in [-0.2, -0.15) is 0 Å². The summed E-state index contributed by atoms with van der Waals surface area (Å²) in [7, 11) is 0. The maximum Gasteiger partial charge on any atom is 0.228 e. The van der Waals surface area contributed by atoms with Gasteiger partial charge in [0.2, 0.25) is 5.91 Å². The normalized spacial score (nSPS) is 15.3. The summed E-state index contributed by atoms with van der Waals surface area (Å²) in [5.74, 6) is 0.837. The van der Waals surface area contributed by atoms with Crippen LogP contribution >= 0.6 is 0 Å². The first-order chi connectivity index (χ1) is 12.7. The van der Waals surface area contributed by atoms with Gasteiger partial charge in [0.1, 0.15) is 0 Å². The van der Waals surface area contributed by atoms with E-state index in [0.29, 0.717) is 6.42 Å². The van der Waals surface area contributed by atoms with Crippen molar-refractivity contribution < 1.29 is 4.79 Å². The van der Waals surface area contributed by atoms with Gasteiger partial charge in [0.25, 0.3) is 0 Å². The highest BCUT2D eigenvalue weighted by Crippen LogP contribution is 2.24. The molecule has 2 aromatic carbocycles. The van der Waals surface area contributed by atoms with Crippen molar-refractivity contribution in [1.82, 2.24) is 4.98 Å². The van der Waals surface area contributed by atoms with Crippen LogP contribution in [0.25, 0.3) is 10.9 Å². The van der Waals surface area contributed by atoms with Crippen molar-refractivity contribution in [2.45, 2.75) is 26.2 Å². The zero-order valence-corrected chi connectivity index (χ0v) is 15.2. The van der Waals surface area contributed by atoms with Crippen molar-refractivity contribution in [1.29, 1.82) is 0 Å². The Labute approximate surface area is 154 Å². The summed E-state index contributed by atoms with van der Waals surface area (Å²) in [6.07, 6.45) is 4.80. The van der Waals surface area contributed by atoms with Crippen molar-refractivity contribution >= 4 is 28.2 Å². The lowest BCUT2D eigenvalue weighted by atomic mass is 9.99. The molecule has 0 saturated carbocycles. The molecule has 1 aliphatic rings. The third kappa shape index (κ3) is 3.59. The molecule has 1 aromatic heterocycles. The molecule has 4 nitrogen and oxygen atoms in total. The highest BCUT2D eigenvalue weighted by atomic mass is 16.1. The second-order valence-electron chi connectivity index (χ2n) is 7.30. The maximum absolute atomic E-state index is 12.4. The van der Waals surface area contributed by atoms with Gasteiger partial charge >= 0.3 is 0 Å². The molecule has 2 heterocycles. The molecule has 0 atom stereocenters. The van der Waals surface area contributed by atoms with Crippen LogP contribution in [-0.2, 0) is 11.2 Å². The number of nitrogens with one attached hydrogen (secondary N) is 2. The number of para-hydroxylation sites is 1. The quantitative estimate of drug-likeness (QED) is 0.725. The predicted octanol–water partition coefficient (Wildman–Crippen LogP) is 4.59. The first-order valence-corrected chi connectivity index (χ1v) is 9.39. The van der Waals surface area contributed by atoms with Gasteiger partial charge in [-0.05, 0) is 54.7 Å². The van der Waals surface area contributed by atoms with E-state index >= 15 is 0 Å². The summed E-state index contributed by atoms with van der Waals surface area (Å²) >= 11 is 0. The molecule has 3 aromatic rings. The lowest BCUT2D eigenvalue weighted by Gasteiger charge is -2.32. The fraction of sp³-hybridized carbons (Fsp3) is 0.318. The molecule has 4 rings (SSSR count). The molecule has 0 radical (unpaired) electrons. The predicted molar refractivity (Wildman–Crippen MR) is 108 cm³/mol. The summed E-state index contributed by atoms with van der Waals surface area (Å²) < 4.78 is 0. The van der Waals surface area contributed by atoms with Crippen LogP contribution in [0, 0.1) is 5.92 Å². The number of anilines is 2. The topological polar surface area (TPSA) is 48.1 Å². The van der Waals surface area contributed by atoms with Crippen molar-refractivity contribution in [3.63, 3.8) is 0 Å². The van der Waals surface area contributed by atoms with Crippen LogP contribution in [0.5, 0.6) is 0 Å². The van der Waals surface area contributed by atoms with Crippen LogP contribution < -0.4 is 10.2 Å². The first kappa shape index (κ1) is 16.7. The maximum atomic E-state index is 12.4. The van der Waals surface area contributed by atoms with Gasteiger partial charge in [-0.25, -0.2) is 0 Å². The van der Waals surface area contributed by atoms with E-state index in [1.54, 1.807) is 0 Å². The summed E-state index contributed by atoms with van der Waals surface area (Å²) in [5.41, 5.74) is 4.18. The lowest BCUT2D eigenvalue weighted by Crippen LogP contribution is -2.32. The largest absolute Gasteiger partial charge is 0.372 e. The van der Waals surface area contributed by atoms with Gasteiger partial charge in [0, 0.05) is 41.6 Å². The van der Waals surface area contributed by atoms with Crippen molar-refractivity contribution in [2.24, 2.45) is 5.92 Å². The Kier molecular flexibility index (Phi) is 4.65. The minimum absolute atomic E-state index is 0.00861. The van der Waals surface area contributed by atoms with Crippen LogP contribution in [-0.4, -0.2) is 24.0 Å². The summed E-state index contributed by atoms with van der Waals surface area (Å²) in [6, 6.07) is 16.3. The Morgan fingerprint density at radius 1 is 1.12 bits per heavy atom. The Balaban J connectivity index is 1.38. The Hall–Kier alpha value is -2.75. The van der Waals surface area contributed by atoms with E-state index in [-0.39, 0.29) is 5.91 Å². The summed E-state index contributed by atoms with van der Waals surface area (Å²) in [6.45, 7) is 4.56. The molecule has 26 heavy (non-hydrogen) atoms. The van der Waals surface area contributed by atoms with Gasteiger partial charge in [0.15, 0.2) is 0 Å². The molecule has 0 unspecified atom stereocenters. The van der Waals surface area contributed by atoms with Gasteiger partial charge in [-0.3, -0.25) is 4.79 Å². The molecule has 1 fully saturated rings. The van der Waals surface area contributed by atoms with Crippen LogP contribution in [0.4, 0.5) is 11.4 Å². The number of rotatable bonds is 4. The van der Waals surface area contributed by atoms with Crippen LogP contribution in [0.2, 0.25) is 0 Å². The zero-order valence-electron chi connectivity index (χ0n) is 15.2. The lowest BCUT2D eigenvalue weighted by molar-refractivity contribution is -0.115. The number of piperidine rings is 1. The van der Waals surface area contributed by atoms with E-state index in [0.717, 1.165) is 41.2 Å². The molecule has 1 saturated heterocycles. The van der Waals surface area contributed by atoms with Crippen molar-refractivity contribution in [2.75, 3.05) is 23.3 Å². The number of hydrogen-bond donors (Lipinski definition) is 2. The standard InChI is InChI=1S/C22H25N3O/c1-16-10-12-25(13-11-16)19-8-6-18(7-9-19)24-22(26)14-17-15-23-21-5-3-2-4-20(17)21/h2-9,15-16,23H,10-14H2,1H3,(H,24,26). The average Bonchev–Trinajstić information content (AvgIpc) is 3.06. The van der Waals surface area contributed by atoms with E-state index in [4.69, 9.17) is 0 Å². The van der Waals surface area contributed by atoms with Gasteiger partial charge < -0.3 is 15.2 Å². The molecule has 4 heteroatoms. The van der Waals surface area contributed by atoms with Gasteiger partial charge in [-0.1, -0.05) is 25.1 Å². The monoisotopic (exact) mass is 347 g/mol. The number of aromatic amines is 1. The molecule has 0 aliphatic carbocycles. The number of H-pyrrole nitrogens is 1. The number of aromatic nitrogens is 1. The highest BCUT2D eigenvalue weighted by molar-refractivity contribution is 5.95. The third-order valence-electron chi connectivity index (χ3n) is 5.33. The molecule has 134 valence electrons. The molecule has 0 spiro atoms. The van der Waals surface area contributed by atoms with E-state index in [1.165, 1.54) is 18.5 Å². The number of hydrogen-bond acceptors (Lipinski definition) is 2. The molecule has 2 N–H and O–H groups in total. The first-order valence-electron chi connectivity index (χ1n) is 9.39. The fourth-order valence-electron chi connectivity index (χ4n) is 3.68. The Bertz CT molecular complexity index is 889. The average molecular weight is 347 g/mol. The van der Waals surface area contributed by atoms with E-state index in [1.807, 2.05) is 42.6 Å². The van der Waals surface area contributed by atoms with Crippen LogP contribution in [0.1, 0.15) is 25.3 Å².